The number of anilines is 1. The summed E-state index contributed by atoms with van der Waals surface area (Å²) in [5.41, 5.74) is 2.81. The number of rotatable bonds is 12. The number of hydrogen-bond acceptors (Lipinski definition) is 5. The molecule has 0 bridgehead atoms. The summed E-state index contributed by atoms with van der Waals surface area (Å²) in [6, 6.07) is 7.63. The number of halogens is 2. The molecule has 0 radical (unpaired) electrons. The minimum Gasteiger partial charge on any atom is -0.480 e. The van der Waals surface area contributed by atoms with Crippen molar-refractivity contribution < 1.29 is 23.5 Å². The van der Waals surface area contributed by atoms with E-state index in [9.17, 15) is 23.5 Å². The van der Waals surface area contributed by atoms with Crippen molar-refractivity contribution in [3.63, 3.8) is 0 Å². The van der Waals surface area contributed by atoms with Crippen molar-refractivity contribution in [3.8, 4) is 0 Å². The summed E-state index contributed by atoms with van der Waals surface area (Å²) >= 11 is 0. The van der Waals surface area contributed by atoms with E-state index in [0.717, 1.165) is 63.0 Å². The topological polar surface area (TPSA) is 109 Å². The van der Waals surface area contributed by atoms with E-state index in [1.807, 2.05) is 0 Å². The maximum Gasteiger partial charge on any atom is 0.333 e. The fourth-order valence-corrected chi connectivity index (χ4v) is 4.47. The highest BCUT2D eigenvalue weighted by Gasteiger charge is 2.21. The summed E-state index contributed by atoms with van der Waals surface area (Å²) in [6.45, 7) is -1.80. The molecule has 8 nitrogen and oxygen atoms in total. The Kier molecular flexibility index (Phi) is 8.45. The first-order chi connectivity index (χ1) is 17.4. The molecular formula is C26H31F2N5O3. The first-order valence-corrected chi connectivity index (χ1v) is 12.4. The van der Waals surface area contributed by atoms with Crippen LogP contribution in [-0.4, -0.2) is 44.3 Å². The van der Waals surface area contributed by atoms with Gasteiger partial charge in [0, 0.05) is 29.4 Å². The Morgan fingerprint density at radius 3 is 2.72 bits per heavy atom. The SMILES string of the molecule is O=C(N[C@@H](CCCCCCCc1ccc2c(n1)NCCC2)C(=O)O)c1ccc2cn(C(F)F)nc2c1. The number of aryl methyl sites for hydroxylation is 2. The van der Waals surface area contributed by atoms with Crippen LogP contribution in [0, 0.1) is 0 Å². The van der Waals surface area contributed by atoms with Gasteiger partial charge in [0.15, 0.2) is 0 Å². The molecule has 0 saturated heterocycles. The second-order valence-corrected chi connectivity index (χ2v) is 9.17. The van der Waals surface area contributed by atoms with Gasteiger partial charge in [-0.3, -0.25) is 4.79 Å². The first-order valence-electron chi connectivity index (χ1n) is 12.4. The van der Waals surface area contributed by atoms with Crippen LogP contribution in [0.15, 0.2) is 36.5 Å². The van der Waals surface area contributed by atoms with Gasteiger partial charge < -0.3 is 15.7 Å². The van der Waals surface area contributed by atoms with Crippen LogP contribution in [0.5, 0.6) is 0 Å². The van der Waals surface area contributed by atoms with E-state index in [2.05, 4.69) is 27.9 Å². The number of carbonyl (C=O) groups is 2. The second-order valence-electron chi connectivity index (χ2n) is 9.17. The second kappa shape index (κ2) is 11.9. The molecule has 3 heterocycles. The number of fused-ring (bicyclic) bond motifs is 2. The number of nitrogens with one attached hydrogen (secondary N) is 2. The zero-order valence-corrected chi connectivity index (χ0v) is 20.1. The summed E-state index contributed by atoms with van der Waals surface area (Å²) in [5.74, 6) is -0.648. The van der Waals surface area contributed by atoms with Crippen LogP contribution in [0.4, 0.5) is 14.6 Å². The number of carboxylic acid groups (broad SMARTS) is 1. The Hall–Kier alpha value is -3.56. The molecule has 10 heteroatoms. The number of pyridine rings is 1. The van der Waals surface area contributed by atoms with Gasteiger partial charge in [-0.15, -0.1) is 0 Å². The standard InChI is InChI=1S/C26H31F2N5O3/c27-26(28)33-16-19-11-10-18(15-22(19)32-33)24(34)31-21(25(35)36)9-5-3-1-2-4-8-20-13-12-17-7-6-14-29-23(17)30-20/h10-13,15-16,21,26H,1-9,14H2,(H,29,30)(H,31,34)(H,35,36)/t21-/m0/s1. The van der Waals surface area contributed by atoms with Gasteiger partial charge >= 0.3 is 12.5 Å². The van der Waals surface area contributed by atoms with Gasteiger partial charge in [0.2, 0.25) is 0 Å². The Morgan fingerprint density at radius 1 is 1.11 bits per heavy atom. The van der Waals surface area contributed by atoms with E-state index in [4.69, 9.17) is 4.98 Å². The molecule has 36 heavy (non-hydrogen) atoms. The summed E-state index contributed by atoms with van der Waals surface area (Å²) in [6.07, 6.45) is 9.24. The van der Waals surface area contributed by atoms with E-state index in [0.29, 0.717) is 22.9 Å². The smallest absolute Gasteiger partial charge is 0.333 e. The highest BCUT2D eigenvalue weighted by Crippen LogP contribution is 2.21. The van der Waals surface area contributed by atoms with Gasteiger partial charge in [-0.2, -0.15) is 13.9 Å². The molecule has 0 spiro atoms. The Labute approximate surface area is 208 Å². The van der Waals surface area contributed by atoms with Crippen LogP contribution in [0.1, 0.15) is 73.1 Å². The number of benzene rings is 1. The van der Waals surface area contributed by atoms with Crippen LogP contribution >= 0.6 is 0 Å². The first kappa shape index (κ1) is 25.5. The fourth-order valence-electron chi connectivity index (χ4n) is 4.47. The number of unbranched alkanes of at least 4 members (excludes halogenated alkanes) is 4. The summed E-state index contributed by atoms with van der Waals surface area (Å²) < 4.78 is 26.2. The monoisotopic (exact) mass is 499 g/mol. The van der Waals surface area contributed by atoms with E-state index >= 15 is 0 Å². The van der Waals surface area contributed by atoms with Gasteiger partial charge in [-0.1, -0.05) is 37.8 Å². The van der Waals surface area contributed by atoms with Crippen LogP contribution in [-0.2, 0) is 17.6 Å². The quantitative estimate of drug-likeness (QED) is 0.304. The predicted molar refractivity (Wildman–Crippen MR) is 132 cm³/mol. The summed E-state index contributed by atoms with van der Waals surface area (Å²) in [5, 5.41) is 19.7. The molecule has 3 N–H and O–H groups in total. The Morgan fingerprint density at radius 2 is 1.92 bits per heavy atom. The zero-order valence-electron chi connectivity index (χ0n) is 20.1. The highest BCUT2D eigenvalue weighted by atomic mass is 19.3. The number of aliphatic carboxylic acids is 1. The third-order valence-corrected chi connectivity index (χ3v) is 6.47. The van der Waals surface area contributed by atoms with Crippen LogP contribution in [0.25, 0.3) is 10.9 Å². The van der Waals surface area contributed by atoms with Crippen molar-refractivity contribution in [2.24, 2.45) is 0 Å². The molecule has 1 aromatic carbocycles. The third-order valence-electron chi connectivity index (χ3n) is 6.47. The number of hydrogen-bond donors (Lipinski definition) is 3. The maximum atomic E-state index is 12.8. The largest absolute Gasteiger partial charge is 0.480 e. The number of carbonyl (C=O) groups excluding carboxylic acids is 1. The lowest BCUT2D eigenvalue weighted by atomic mass is 10.0. The Bertz CT molecular complexity index is 1210. The van der Waals surface area contributed by atoms with E-state index < -0.39 is 24.5 Å². The number of amides is 1. The summed E-state index contributed by atoms with van der Waals surface area (Å²) in [7, 11) is 0. The van der Waals surface area contributed by atoms with Crippen LogP contribution in [0.2, 0.25) is 0 Å². The zero-order chi connectivity index (χ0) is 25.5. The molecular weight excluding hydrogens is 468 g/mol. The fraction of sp³-hybridized carbons (Fsp3) is 0.462. The Balaban J connectivity index is 1.18. The molecule has 1 amide bonds. The highest BCUT2D eigenvalue weighted by molar-refractivity contribution is 5.99. The molecule has 0 unspecified atom stereocenters. The molecule has 0 fully saturated rings. The third kappa shape index (κ3) is 6.56. The van der Waals surface area contributed by atoms with Crippen molar-refractivity contribution in [2.45, 2.75) is 70.4 Å². The van der Waals surface area contributed by atoms with E-state index in [-0.39, 0.29) is 11.1 Å². The predicted octanol–water partition coefficient (Wildman–Crippen LogP) is 4.95. The number of nitrogens with zero attached hydrogens (tertiary/aromatic N) is 3. The molecule has 1 atom stereocenters. The lowest BCUT2D eigenvalue weighted by Gasteiger charge is -2.17. The molecule has 192 valence electrons. The molecule has 4 rings (SSSR count). The van der Waals surface area contributed by atoms with Crippen LogP contribution in [0.3, 0.4) is 0 Å². The average Bonchev–Trinajstić information content (AvgIpc) is 3.31. The molecule has 0 aliphatic carbocycles. The van der Waals surface area contributed by atoms with Crippen LogP contribution < -0.4 is 10.6 Å². The van der Waals surface area contributed by atoms with Gasteiger partial charge in [-0.25, -0.2) is 14.5 Å². The van der Waals surface area contributed by atoms with Crippen molar-refractivity contribution in [1.82, 2.24) is 20.1 Å². The van der Waals surface area contributed by atoms with Crippen molar-refractivity contribution in [3.05, 3.63) is 53.3 Å². The van der Waals surface area contributed by atoms with Crippen molar-refractivity contribution in [1.29, 1.82) is 0 Å². The minimum absolute atomic E-state index is 0.180. The molecule has 3 aromatic rings. The van der Waals surface area contributed by atoms with Crippen molar-refractivity contribution >= 4 is 28.6 Å². The number of aromatic nitrogens is 3. The van der Waals surface area contributed by atoms with Gasteiger partial charge in [-0.05, 0) is 55.9 Å². The van der Waals surface area contributed by atoms with Gasteiger partial charge in [0.1, 0.15) is 11.9 Å². The molecule has 1 aliphatic rings. The summed E-state index contributed by atoms with van der Waals surface area (Å²) in [4.78, 5) is 28.9. The van der Waals surface area contributed by atoms with E-state index in [1.54, 1.807) is 0 Å². The molecule has 1 aliphatic heterocycles. The van der Waals surface area contributed by atoms with E-state index in [1.165, 1.54) is 30.0 Å². The molecule has 0 saturated carbocycles. The van der Waals surface area contributed by atoms with Gasteiger partial charge in [0.05, 0.1) is 5.52 Å². The lowest BCUT2D eigenvalue weighted by Crippen LogP contribution is -2.40. The number of alkyl halides is 2. The lowest BCUT2D eigenvalue weighted by molar-refractivity contribution is -0.139. The van der Waals surface area contributed by atoms with Crippen molar-refractivity contribution in [2.75, 3.05) is 11.9 Å². The normalized spacial score (nSPS) is 13.9. The minimum atomic E-state index is -2.77. The maximum absolute atomic E-state index is 12.8. The van der Waals surface area contributed by atoms with Gasteiger partial charge in [0.25, 0.3) is 5.91 Å². The molecule has 2 aromatic heterocycles. The number of carboxylic acids is 1. The average molecular weight is 500 g/mol.